The van der Waals surface area contributed by atoms with Gasteiger partial charge >= 0.3 is 0 Å². The maximum absolute atomic E-state index is 13.4. The lowest BCUT2D eigenvalue weighted by atomic mass is 9.94. The smallest absolute Gasteiger partial charge is 0.230 e. The lowest BCUT2D eigenvalue weighted by Crippen LogP contribution is -2.43. The number of amides is 1. The van der Waals surface area contributed by atoms with Crippen molar-refractivity contribution in [3.8, 4) is 0 Å². The van der Waals surface area contributed by atoms with Crippen LogP contribution in [0.5, 0.6) is 0 Å². The van der Waals surface area contributed by atoms with E-state index in [4.69, 9.17) is 4.42 Å². The fourth-order valence-electron chi connectivity index (χ4n) is 2.65. The first-order chi connectivity index (χ1) is 10.4. The molecular formula is C17H18FNO3. The Morgan fingerprint density at radius 2 is 2.18 bits per heavy atom. The van der Waals surface area contributed by atoms with Crippen LogP contribution in [0.25, 0.3) is 0 Å². The molecule has 5 heteroatoms. The molecule has 1 aromatic heterocycles. The molecule has 1 amide bonds. The average molecular weight is 303 g/mol. The first-order valence-electron chi connectivity index (χ1n) is 7.25. The van der Waals surface area contributed by atoms with Crippen LogP contribution in [-0.2, 0) is 15.8 Å². The fraction of sp³-hybridized carbons (Fsp3) is 0.353. The molecule has 1 heterocycles. The molecule has 0 spiro atoms. The van der Waals surface area contributed by atoms with Gasteiger partial charge in [0.05, 0.1) is 18.2 Å². The zero-order chi connectivity index (χ0) is 15.8. The van der Waals surface area contributed by atoms with Gasteiger partial charge in [0.1, 0.15) is 17.2 Å². The minimum absolute atomic E-state index is 0.0381. The molecule has 1 aliphatic carbocycles. The van der Waals surface area contributed by atoms with Gasteiger partial charge in [-0.1, -0.05) is 12.1 Å². The summed E-state index contributed by atoms with van der Waals surface area (Å²) >= 11 is 0. The Balaban J connectivity index is 1.70. The van der Waals surface area contributed by atoms with E-state index < -0.39 is 11.0 Å². The number of benzene rings is 1. The van der Waals surface area contributed by atoms with E-state index in [2.05, 4.69) is 5.32 Å². The number of carbonyl (C=O) groups excluding carboxylic acids is 1. The largest absolute Gasteiger partial charge is 0.466 e. The fourth-order valence-corrected chi connectivity index (χ4v) is 2.65. The number of aliphatic hydroxyl groups is 1. The van der Waals surface area contributed by atoms with Crippen molar-refractivity contribution < 1.29 is 18.7 Å². The zero-order valence-electron chi connectivity index (χ0n) is 12.3. The highest BCUT2D eigenvalue weighted by molar-refractivity contribution is 5.91. The van der Waals surface area contributed by atoms with Crippen LogP contribution in [0.2, 0.25) is 0 Å². The van der Waals surface area contributed by atoms with Crippen LogP contribution in [0.3, 0.4) is 0 Å². The van der Waals surface area contributed by atoms with E-state index in [1.54, 1.807) is 31.2 Å². The number of furan rings is 1. The standard InChI is InChI=1S/C17H18FNO3/c1-16(21,14-6-3-9-22-14)11-19-15(20)17(7-8-17)12-4-2-5-13(18)10-12/h2-6,9-10,21H,7-8,11H2,1H3,(H,19,20). The van der Waals surface area contributed by atoms with Crippen molar-refractivity contribution in [1.29, 1.82) is 0 Å². The molecule has 1 unspecified atom stereocenters. The van der Waals surface area contributed by atoms with Crippen molar-refractivity contribution in [2.45, 2.75) is 30.8 Å². The number of hydrogen-bond acceptors (Lipinski definition) is 3. The summed E-state index contributed by atoms with van der Waals surface area (Å²) in [6.45, 7) is 1.62. The van der Waals surface area contributed by atoms with Gasteiger partial charge in [0, 0.05) is 0 Å². The highest BCUT2D eigenvalue weighted by Gasteiger charge is 2.51. The van der Waals surface area contributed by atoms with Gasteiger partial charge in [-0.05, 0) is 49.6 Å². The highest BCUT2D eigenvalue weighted by Crippen LogP contribution is 2.48. The monoisotopic (exact) mass is 303 g/mol. The quantitative estimate of drug-likeness (QED) is 0.892. The summed E-state index contributed by atoms with van der Waals surface area (Å²) in [4.78, 5) is 12.5. The van der Waals surface area contributed by atoms with Crippen molar-refractivity contribution in [2.24, 2.45) is 0 Å². The molecular weight excluding hydrogens is 285 g/mol. The number of rotatable bonds is 5. The third-order valence-corrected chi connectivity index (χ3v) is 4.21. The lowest BCUT2D eigenvalue weighted by Gasteiger charge is -2.23. The molecule has 1 atom stereocenters. The number of halogens is 1. The minimum atomic E-state index is -1.28. The van der Waals surface area contributed by atoms with Crippen LogP contribution in [0.1, 0.15) is 31.1 Å². The Morgan fingerprint density at radius 3 is 2.77 bits per heavy atom. The maximum Gasteiger partial charge on any atom is 0.230 e. The van der Waals surface area contributed by atoms with E-state index in [0.717, 1.165) is 0 Å². The van der Waals surface area contributed by atoms with E-state index in [-0.39, 0.29) is 18.3 Å². The van der Waals surface area contributed by atoms with E-state index >= 15 is 0 Å². The molecule has 22 heavy (non-hydrogen) atoms. The summed E-state index contributed by atoms with van der Waals surface area (Å²) < 4.78 is 18.5. The summed E-state index contributed by atoms with van der Waals surface area (Å²) in [6.07, 6.45) is 2.84. The Morgan fingerprint density at radius 1 is 1.41 bits per heavy atom. The van der Waals surface area contributed by atoms with Crippen LogP contribution in [-0.4, -0.2) is 17.6 Å². The average Bonchev–Trinajstić information content (AvgIpc) is 3.11. The summed E-state index contributed by atoms with van der Waals surface area (Å²) in [5.74, 6) is -0.146. The van der Waals surface area contributed by atoms with E-state index in [0.29, 0.717) is 24.2 Å². The molecule has 1 aromatic carbocycles. The lowest BCUT2D eigenvalue weighted by molar-refractivity contribution is -0.125. The van der Waals surface area contributed by atoms with Crippen molar-refractivity contribution in [3.63, 3.8) is 0 Å². The Labute approximate surface area is 128 Å². The van der Waals surface area contributed by atoms with Crippen LogP contribution < -0.4 is 5.32 Å². The highest BCUT2D eigenvalue weighted by atomic mass is 19.1. The molecule has 4 nitrogen and oxygen atoms in total. The van der Waals surface area contributed by atoms with Gasteiger partial charge in [-0.15, -0.1) is 0 Å². The topological polar surface area (TPSA) is 62.5 Å². The summed E-state index contributed by atoms with van der Waals surface area (Å²) in [6, 6.07) is 9.47. The third kappa shape index (κ3) is 2.64. The first-order valence-corrected chi connectivity index (χ1v) is 7.25. The molecule has 0 saturated heterocycles. The van der Waals surface area contributed by atoms with Crippen LogP contribution in [0.15, 0.2) is 47.1 Å². The Hall–Kier alpha value is -2.14. The molecule has 0 aliphatic heterocycles. The molecule has 1 aliphatic rings. The van der Waals surface area contributed by atoms with Gasteiger partial charge < -0.3 is 14.8 Å². The molecule has 1 fully saturated rings. The maximum atomic E-state index is 13.4. The molecule has 0 bridgehead atoms. The molecule has 0 radical (unpaired) electrons. The van der Waals surface area contributed by atoms with E-state index in [1.807, 2.05) is 0 Å². The van der Waals surface area contributed by atoms with Gasteiger partial charge in [-0.25, -0.2) is 4.39 Å². The SMILES string of the molecule is CC(O)(CNC(=O)C1(c2cccc(F)c2)CC1)c1ccco1. The molecule has 116 valence electrons. The van der Waals surface area contributed by atoms with Crippen molar-refractivity contribution in [1.82, 2.24) is 5.32 Å². The minimum Gasteiger partial charge on any atom is -0.466 e. The Kier molecular flexibility index (Phi) is 3.53. The second kappa shape index (κ2) is 5.25. The molecule has 2 aromatic rings. The van der Waals surface area contributed by atoms with E-state index in [1.165, 1.54) is 18.4 Å². The van der Waals surface area contributed by atoms with Gasteiger partial charge in [0.25, 0.3) is 0 Å². The second-order valence-electron chi connectivity index (χ2n) is 6.03. The number of hydrogen-bond donors (Lipinski definition) is 2. The normalized spacial score (nSPS) is 18.5. The predicted octanol–water partition coefficient (Wildman–Crippen LogP) is 2.47. The van der Waals surface area contributed by atoms with E-state index in [9.17, 15) is 14.3 Å². The van der Waals surface area contributed by atoms with Crippen LogP contribution >= 0.6 is 0 Å². The van der Waals surface area contributed by atoms with Gasteiger partial charge in [-0.2, -0.15) is 0 Å². The van der Waals surface area contributed by atoms with Gasteiger partial charge in [0.15, 0.2) is 0 Å². The van der Waals surface area contributed by atoms with Crippen molar-refractivity contribution in [3.05, 3.63) is 59.8 Å². The summed E-state index contributed by atoms with van der Waals surface area (Å²) in [5, 5.41) is 13.1. The van der Waals surface area contributed by atoms with Crippen molar-refractivity contribution in [2.75, 3.05) is 6.54 Å². The summed E-state index contributed by atoms with van der Waals surface area (Å²) in [5.41, 5.74) is -1.26. The predicted molar refractivity (Wildman–Crippen MR) is 78.6 cm³/mol. The molecule has 3 rings (SSSR count). The van der Waals surface area contributed by atoms with Crippen molar-refractivity contribution >= 4 is 5.91 Å². The first kappa shape index (κ1) is 14.8. The van der Waals surface area contributed by atoms with Crippen LogP contribution in [0.4, 0.5) is 4.39 Å². The molecule has 1 saturated carbocycles. The number of carbonyl (C=O) groups is 1. The number of nitrogens with one attached hydrogen (secondary N) is 1. The Bertz CT molecular complexity index is 675. The van der Waals surface area contributed by atoms with Gasteiger partial charge in [0.2, 0.25) is 5.91 Å². The third-order valence-electron chi connectivity index (χ3n) is 4.21. The van der Waals surface area contributed by atoms with Crippen LogP contribution in [0, 0.1) is 5.82 Å². The second-order valence-corrected chi connectivity index (χ2v) is 6.03. The summed E-state index contributed by atoms with van der Waals surface area (Å²) in [7, 11) is 0. The zero-order valence-corrected chi connectivity index (χ0v) is 12.3. The molecule has 2 N–H and O–H groups in total. The van der Waals surface area contributed by atoms with Gasteiger partial charge in [-0.3, -0.25) is 4.79 Å².